The average molecular weight is 380 g/mol. The van der Waals surface area contributed by atoms with E-state index < -0.39 is 0 Å². The minimum absolute atomic E-state index is 0. The maximum atomic E-state index is 12.9. The third-order valence-electron chi connectivity index (χ3n) is 5.81. The summed E-state index contributed by atoms with van der Waals surface area (Å²) in [6, 6.07) is -0.107. The molecule has 2 bridgehead atoms. The lowest BCUT2D eigenvalue weighted by Crippen LogP contribution is -2.68. The fourth-order valence-electron chi connectivity index (χ4n) is 4.73. The lowest BCUT2D eigenvalue weighted by atomic mass is 9.72. The molecule has 7 nitrogen and oxygen atoms in total. The molecule has 3 aliphatic heterocycles. The van der Waals surface area contributed by atoms with Gasteiger partial charge >= 0.3 is 0 Å². The molecule has 2 N–H and O–H groups in total. The molecular formula is C18H26ClN5O2. The normalized spacial score (nSPS) is 30.2. The Morgan fingerprint density at radius 1 is 1.31 bits per heavy atom. The second-order valence-electron chi connectivity index (χ2n) is 7.36. The molecule has 26 heavy (non-hydrogen) atoms. The quantitative estimate of drug-likeness (QED) is 0.797. The van der Waals surface area contributed by atoms with Gasteiger partial charge in [0.05, 0.1) is 5.69 Å². The zero-order valence-corrected chi connectivity index (χ0v) is 15.6. The van der Waals surface area contributed by atoms with Crippen LogP contribution in [0.25, 0.3) is 0 Å². The van der Waals surface area contributed by atoms with E-state index in [2.05, 4.69) is 20.6 Å². The van der Waals surface area contributed by atoms with Crippen molar-refractivity contribution in [2.75, 3.05) is 19.6 Å². The smallest absolute Gasteiger partial charge is 0.243 e. The monoisotopic (exact) mass is 379 g/mol. The fourth-order valence-corrected chi connectivity index (χ4v) is 4.73. The van der Waals surface area contributed by atoms with E-state index in [0.29, 0.717) is 25.3 Å². The topological polar surface area (TPSA) is 87.2 Å². The Hall–Kier alpha value is -1.73. The van der Waals surface area contributed by atoms with Gasteiger partial charge in [0.2, 0.25) is 11.8 Å². The number of nitrogens with one attached hydrogen (secondary N) is 2. The minimum Gasteiger partial charge on any atom is -0.354 e. The van der Waals surface area contributed by atoms with E-state index in [4.69, 9.17) is 0 Å². The van der Waals surface area contributed by atoms with Gasteiger partial charge < -0.3 is 15.5 Å². The van der Waals surface area contributed by atoms with E-state index in [1.165, 1.54) is 0 Å². The van der Waals surface area contributed by atoms with Gasteiger partial charge in [-0.25, -0.2) is 0 Å². The van der Waals surface area contributed by atoms with Crippen molar-refractivity contribution in [1.82, 2.24) is 25.5 Å². The molecule has 3 fully saturated rings. The SMILES string of the molecule is Cl.O=C(NCCc1cnccn1)[C@H]1[C@@H]2CNC[C@@H](C2)[C@@H]2CCCC(=O)N21. The minimum atomic E-state index is -0.330. The Morgan fingerprint density at radius 3 is 2.96 bits per heavy atom. The first-order valence-electron chi connectivity index (χ1n) is 9.28. The number of carbonyl (C=O) groups is 2. The molecule has 2 amide bonds. The highest BCUT2D eigenvalue weighted by molar-refractivity contribution is 5.89. The second kappa shape index (κ2) is 8.31. The molecule has 4 rings (SSSR count). The van der Waals surface area contributed by atoms with Gasteiger partial charge in [0.15, 0.2) is 0 Å². The number of carbonyl (C=O) groups excluding carboxylic acids is 2. The number of nitrogens with zero attached hydrogens (tertiary/aromatic N) is 3. The Kier molecular flexibility index (Phi) is 6.09. The molecule has 1 aromatic heterocycles. The molecule has 0 spiro atoms. The number of piperidine rings is 3. The molecule has 0 aliphatic carbocycles. The largest absolute Gasteiger partial charge is 0.354 e. The average Bonchev–Trinajstić information content (AvgIpc) is 2.64. The van der Waals surface area contributed by atoms with E-state index in [1.807, 2.05) is 4.90 Å². The van der Waals surface area contributed by atoms with Gasteiger partial charge in [-0.3, -0.25) is 19.6 Å². The van der Waals surface area contributed by atoms with Gasteiger partial charge in [-0.05, 0) is 31.7 Å². The molecule has 0 radical (unpaired) electrons. The van der Waals surface area contributed by atoms with E-state index in [0.717, 1.165) is 38.0 Å². The molecule has 3 aliphatic rings. The molecule has 4 atom stereocenters. The summed E-state index contributed by atoms with van der Waals surface area (Å²) in [5, 5.41) is 6.49. The van der Waals surface area contributed by atoms with Crippen LogP contribution in [0.5, 0.6) is 0 Å². The van der Waals surface area contributed by atoms with Crippen molar-refractivity contribution in [1.29, 1.82) is 0 Å². The summed E-state index contributed by atoms with van der Waals surface area (Å²) >= 11 is 0. The van der Waals surface area contributed by atoms with Crippen molar-refractivity contribution in [2.45, 2.75) is 44.2 Å². The van der Waals surface area contributed by atoms with Crippen molar-refractivity contribution in [3.05, 3.63) is 24.3 Å². The highest BCUT2D eigenvalue weighted by Crippen LogP contribution is 2.39. The van der Waals surface area contributed by atoms with Crippen molar-refractivity contribution in [3.8, 4) is 0 Å². The van der Waals surface area contributed by atoms with Crippen LogP contribution >= 0.6 is 12.4 Å². The number of rotatable bonds is 4. The summed E-state index contributed by atoms with van der Waals surface area (Å²) in [5.74, 6) is 0.846. The van der Waals surface area contributed by atoms with Crippen molar-refractivity contribution >= 4 is 24.2 Å². The van der Waals surface area contributed by atoms with Gasteiger partial charge in [-0.2, -0.15) is 0 Å². The van der Waals surface area contributed by atoms with Crippen LogP contribution in [0.3, 0.4) is 0 Å². The van der Waals surface area contributed by atoms with Crippen LogP contribution in [0, 0.1) is 11.8 Å². The number of aromatic nitrogens is 2. The van der Waals surface area contributed by atoms with Crippen LogP contribution in [-0.2, 0) is 16.0 Å². The molecule has 8 heteroatoms. The van der Waals surface area contributed by atoms with E-state index in [9.17, 15) is 9.59 Å². The standard InChI is InChI=1S/C18H25N5O2.ClH/c24-16-3-1-2-15-12-8-13(10-20-9-12)17(23(15)16)18(25)22-5-4-14-11-19-6-7-21-14;/h6-7,11-13,15,17,20H,1-5,8-10H2,(H,22,25);1H/t12-,13+,15+,17-;/m1./s1. The van der Waals surface area contributed by atoms with Crippen LogP contribution < -0.4 is 10.6 Å². The first kappa shape index (κ1) is 19.0. The Labute approximate surface area is 159 Å². The summed E-state index contributed by atoms with van der Waals surface area (Å²) in [4.78, 5) is 35.7. The zero-order valence-electron chi connectivity index (χ0n) is 14.8. The molecule has 0 unspecified atom stereocenters. The predicted octanol–water partition coefficient (Wildman–Crippen LogP) is 0.546. The maximum absolute atomic E-state index is 12.9. The Bertz CT molecular complexity index is 644. The summed E-state index contributed by atoms with van der Waals surface area (Å²) in [6.07, 6.45) is 9.25. The molecule has 0 aromatic carbocycles. The van der Waals surface area contributed by atoms with E-state index in [-0.39, 0.29) is 42.2 Å². The third kappa shape index (κ3) is 3.69. The summed E-state index contributed by atoms with van der Waals surface area (Å²) < 4.78 is 0. The predicted molar refractivity (Wildman–Crippen MR) is 98.7 cm³/mol. The number of hydrogen-bond acceptors (Lipinski definition) is 5. The highest BCUT2D eigenvalue weighted by atomic mass is 35.5. The van der Waals surface area contributed by atoms with Crippen LogP contribution in [0.1, 0.15) is 31.4 Å². The number of amides is 2. The Balaban J connectivity index is 0.00000196. The first-order valence-corrected chi connectivity index (χ1v) is 9.28. The van der Waals surface area contributed by atoms with Gasteiger partial charge in [0.1, 0.15) is 6.04 Å². The maximum Gasteiger partial charge on any atom is 0.243 e. The second-order valence-corrected chi connectivity index (χ2v) is 7.36. The van der Waals surface area contributed by atoms with Gasteiger partial charge in [-0.15, -0.1) is 12.4 Å². The Morgan fingerprint density at radius 2 is 2.15 bits per heavy atom. The summed E-state index contributed by atoms with van der Waals surface area (Å²) in [5.41, 5.74) is 0.859. The summed E-state index contributed by atoms with van der Waals surface area (Å²) in [6.45, 7) is 2.30. The third-order valence-corrected chi connectivity index (χ3v) is 5.81. The van der Waals surface area contributed by atoms with Crippen LogP contribution in [0.15, 0.2) is 18.6 Å². The van der Waals surface area contributed by atoms with Crippen molar-refractivity contribution < 1.29 is 9.59 Å². The number of fused-ring (bicyclic) bond motifs is 4. The van der Waals surface area contributed by atoms with Gasteiger partial charge in [0.25, 0.3) is 0 Å². The van der Waals surface area contributed by atoms with E-state index in [1.54, 1.807) is 18.6 Å². The van der Waals surface area contributed by atoms with E-state index >= 15 is 0 Å². The number of hydrogen-bond donors (Lipinski definition) is 2. The van der Waals surface area contributed by atoms with Crippen molar-refractivity contribution in [2.24, 2.45) is 11.8 Å². The fraction of sp³-hybridized carbons (Fsp3) is 0.667. The molecule has 4 heterocycles. The summed E-state index contributed by atoms with van der Waals surface area (Å²) in [7, 11) is 0. The van der Waals surface area contributed by atoms with Crippen molar-refractivity contribution in [3.63, 3.8) is 0 Å². The number of halogens is 1. The highest BCUT2D eigenvalue weighted by Gasteiger charge is 2.50. The van der Waals surface area contributed by atoms with Crippen LogP contribution in [0.2, 0.25) is 0 Å². The molecule has 142 valence electrons. The van der Waals surface area contributed by atoms with Crippen LogP contribution in [0.4, 0.5) is 0 Å². The molecular weight excluding hydrogens is 354 g/mol. The van der Waals surface area contributed by atoms with Gasteiger partial charge in [0, 0.05) is 56.5 Å². The van der Waals surface area contributed by atoms with Gasteiger partial charge in [-0.1, -0.05) is 0 Å². The van der Waals surface area contributed by atoms with Crippen LogP contribution in [-0.4, -0.2) is 58.4 Å². The first-order chi connectivity index (χ1) is 12.2. The molecule has 0 saturated carbocycles. The zero-order chi connectivity index (χ0) is 17.2. The molecule has 3 saturated heterocycles. The lowest BCUT2D eigenvalue weighted by Gasteiger charge is -2.53. The molecule has 1 aromatic rings. The lowest BCUT2D eigenvalue weighted by molar-refractivity contribution is -0.157.